The van der Waals surface area contributed by atoms with Crippen LogP contribution in [0.2, 0.25) is 0 Å². The van der Waals surface area contributed by atoms with E-state index in [2.05, 4.69) is 14.8 Å². The molecule has 1 saturated carbocycles. The molecular weight excluding hydrogens is 292 g/mol. The molecular formula is C17H20N4O2. The van der Waals surface area contributed by atoms with E-state index in [4.69, 9.17) is 4.74 Å². The number of aromatic nitrogens is 3. The van der Waals surface area contributed by atoms with Gasteiger partial charge in [-0.05, 0) is 30.5 Å². The average molecular weight is 312 g/mol. The van der Waals surface area contributed by atoms with Crippen LogP contribution in [-0.2, 0) is 24.3 Å². The number of rotatable bonds is 4. The van der Waals surface area contributed by atoms with E-state index < -0.39 is 0 Å². The van der Waals surface area contributed by atoms with Crippen molar-refractivity contribution in [1.29, 1.82) is 0 Å². The summed E-state index contributed by atoms with van der Waals surface area (Å²) in [7, 11) is 1.64. The number of ether oxygens (including phenoxy) is 1. The van der Waals surface area contributed by atoms with Crippen LogP contribution >= 0.6 is 0 Å². The van der Waals surface area contributed by atoms with Gasteiger partial charge in [-0.1, -0.05) is 12.1 Å². The summed E-state index contributed by atoms with van der Waals surface area (Å²) in [4.78, 5) is 14.4. The zero-order valence-corrected chi connectivity index (χ0v) is 13.2. The van der Waals surface area contributed by atoms with Gasteiger partial charge < -0.3 is 14.2 Å². The van der Waals surface area contributed by atoms with E-state index in [-0.39, 0.29) is 5.91 Å². The molecule has 0 N–H and O–H groups in total. The Hall–Kier alpha value is -2.37. The second-order valence-electron chi connectivity index (χ2n) is 6.24. The lowest BCUT2D eigenvalue weighted by molar-refractivity contribution is -0.132. The minimum atomic E-state index is 0.136. The standard InChI is InChI=1S/C17H20N4O2/c1-23-14-6-2-12(3-7-14)10-16(22)20-8-9-21-15(11-20)18-19-17(21)13-4-5-13/h2-3,6-7,13H,4-5,8-11H2,1H3. The minimum absolute atomic E-state index is 0.136. The number of amides is 1. The summed E-state index contributed by atoms with van der Waals surface area (Å²) in [5.74, 6) is 3.57. The summed E-state index contributed by atoms with van der Waals surface area (Å²) in [6.45, 7) is 2.11. The number of methoxy groups -OCH3 is 1. The second kappa shape index (κ2) is 5.68. The van der Waals surface area contributed by atoms with Gasteiger partial charge in [0.2, 0.25) is 5.91 Å². The summed E-state index contributed by atoms with van der Waals surface area (Å²) >= 11 is 0. The fourth-order valence-corrected chi connectivity index (χ4v) is 3.07. The van der Waals surface area contributed by atoms with Crippen LogP contribution in [0, 0.1) is 0 Å². The van der Waals surface area contributed by atoms with Crippen LogP contribution in [0.3, 0.4) is 0 Å². The van der Waals surface area contributed by atoms with E-state index in [1.807, 2.05) is 29.2 Å². The highest BCUT2D eigenvalue weighted by Crippen LogP contribution is 2.39. The molecule has 1 amide bonds. The first-order valence-corrected chi connectivity index (χ1v) is 8.07. The molecule has 2 aliphatic rings. The maximum atomic E-state index is 12.5. The third-order valence-corrected chi connectivity index (χ3v) is 4.59. The van der Waals surface area contributed by atoms with Gasteiger partial charge in [-0.15, -0.1) is 10.2 Å². The Morgan fingerprint density at radius 3 is 2.70 bits per heavy atom. The Kier molecular flexibility index (Phi) is 3.52. The van der Waals surface area contributed by atoms with E-state index in [0.717, 1.165) is 36.1 Å². The predicted octanol–water partition coefficient (Wildman–Crippen LogP) is 1.75. The van der Waals surface area contributed by atoms with E-state index in [0.29, 0.717) is 18.9 Å². The third kappa shape index (κ3) is 2.81. The molecule has 1 aliphatic carbocycles. The molecule has 1 fully saturated rings. The number of hydrogen-bond donors (Lipinski definition) is 0. The number of benzene rings is 1. The molecule has 1 aliphatic heterocycles. The Balaban J connectivity index is 1.42. The fourth-order valence-electron chi connectivity index (χ4n) is 3.07. The van der Waals surface area contributed by atoms with Gasteiger partial charge in [0.25, 0.3) is 0 Å². The van der Waals surface area contributed by atoms with Gasteiger partial charge >= 0.3 is 0 Å². The maximum absolute atomic E-state index is 12.5. The van der Waals surface area contributed by atoms with Gasteiger partial charge in [0.15, 0.2) is 5.82 Å². The monoisotopic (exact) mass is 312 g/mol. The zero-order chi connectivity index (χ0) is 15.8. The molecule has 23 heavy (non-hydrogen) atoms. The summed E-state index contributed by atoms with van der Waals surface area (Å²) < 4.78 is 7.35. The Bertz CT molecular complexity index is 719. The number of carbonyl (C=O) groups excluding carboxylic acids is 1. The number of nitrogens with zero attached hydrogens (tertiary/aromatic N) is 4. The first kappa shape index (κ1) is 14.2. The maximum Gasteiger partial charge on any atom is 0.227 e. The zero-order valence-electron chi connectivity index (χ0n) is 13.2. The van der Waals surface area contributed by atoms with Crippen LogP contribution in [0.1, 0.15) is 36.0 Å². The van der Waals surface area contributed by atoms with Crippen LogP contribution in [0.4, 0.5) is 0 Å². The average Bonchev–Trinajstić information content (AvgIpc) is 3.34. The smallest absolute Gasteiger partial charge is 0.227 e. The molecule has 0 spiro atoms. The normalized spacial score (nSPS) is 17.0. The van der Waals surface area contributed by atoms with Crippen molar-refractivity contribution in [2.75, 3.05) is 13.7 Å². The van der Waals surface area contributed by atoms with Gasteiger partial charge in [-0.2, -0.15) is 0 Å². The first-order valence-electron chi connectivity index (χ1n) is 8.07. The quantitative estimate of drug-likeness (QED) is 0.863. The van der Waals surface area contributed by atoms with Gasteiger partial charge in [0.1, 0.15) is 11.6 Å². The Morgan fingerprint density at radius 2 is 2.00 bits per heavy atom. The van der Waals surface area contributed by atoms with Crippen LogP contribution in [0.25, 0.3) is 0 Å². The molecule has 0 bridgehead atoms. The predicted molar refractivity (Wildman–Crippen MR) is 84.1 cm³/mol. The van der Waals surface area contributed by atoms with Crippen LogP contribution in [0.15, 0.2) is 24.3 Å². The van der Waals surface area contributed by atoms with Crippen molar-refractivity contribution in [3.8, 4) is 5.75 Å². The molecule has 6 heteroatoms. The Morgan fingerprint density at radius 1 is 1.22 bits per heavy atom. The molecule has 0 unspecified atom stereocenters. The lowest BCUT2D eigenvalue weighted by atomic mass is 10.1. The van der Waals surface area contributed by atoms with Crippen molar-refractivity contribution in [3.05, 3.63) is 41.5 Å². The highest BCUT2D eigenvalue weighted by Gasteiger charge is 2.32. The van der Waals surface area contributed by atoms with Crippen molar-refractivity contribution in [1.82, 2.24) is 19.7 Å². The molecule has 120 valence electrons. The minimum Gasteiger partial charge on any atom is -0.497 e. The van der Waals surface area contributed by atoms with E-state index in [1.54, 1.807) is 7.11 Å². The van der Waals surface area contributed by atoms with Gasteiger partial charge in [0, 0.05) is 19.0 Å². The Labute approximate surface area is 135 Å². The number of carbonyl (C=O) groups is 1. The number of hydrogen-bond acceptors (Lipinski definition) is 4. The van der Waals surface area contributed by atoms with Crippen molar-refractivity contribution < 1.29 is 9.53 Å². The molecule has 6 nitrogen and oxygen atoms in total. The largest absolute Gasteiger partial charge is 0.497 e. The third-order valence-electron chi connectivity index (χ3n) is 4.59. The van der Waals surface area contributed by atoms with Gasteiger partial charge in [-0.25, -0.2) is 0 Å². The molecule has 0 saturated heterocycles. The van der Waals surface area contributed by atoms with E-state index >= 15 is 0 Å². The summed E-state index contributed by atoms with van der Waals surface area (Å²) in [6, 6.07) is 7.65. The van der Waals surface area contributed by atoms with E-state index in [9.17, 15) is 4.79 Å². The van der Waals surface area contributed by atoms with Crippen molar-refractivity contribution in [2.24, 2.45) is 0 Å². The highest BCUT2D eigenvalue weighted by molar-refractivity contribution is 5.78. The summed E-state index contributed by atoms with van der Waals surface area (Å²) in [5, 5.41) is 8.60. The summed E-state index contributed by atoms with van der Waals surface area (Å²) in [6.07, 6.45) is 2.85. The van der Waals surface area contributed by atoms with Crippen LogP contribution in [-0.4, -0.2) is 39.2 Å². The van der Waals surface area contributed by atoms with E-state index in [1.165, 1.54) is 12.8 Å². The topological polar surface area (TPSA) is 60.2 Å². The summed E-state index contributed by atoms with van der Waals surface area (Å²) in [5.41, 5.74) is 1.00. The first-order chi connectivity index (χ1) is 11.2. The molecule has 2 aromatic rings. The molecule has 0 radical (unpaired) electrons. The van der Waals surface area contributed by atoms with Crippen molar-refractivity contribution >= 4 is 5.91 Å². The lowest BCUT2D eigenvalue weighted by Crippen LogP contribution is -2.39. The van der Waals surface area contributed by atoms with Crippen LogP contribution in [0.5, 0.6) is 5.75 Å². The van der Waals surface area contributed by atoms with Crippen molar-refractivity contribution in [2.45, 2.75) is 38.3 Å². The number of fused-ring (bicyclic) bond motifs is 1. The fraction of sp³-hybridized carbons (Fsp3) is 0.471. The molecule has 0 atom stereocenters. The second-order valence-corrected chi connectivity index (χ2v) is 6.24. The lowest BCUT2D eigenvalue weighted by Gasteiger charge is -2.28. The highest BCUT2D eigenvalue weighted by atomic mass is 16.5. The van der Waals surface area contributed by atoms with Crippen molar-refractivity contribution in [3.63, 3.8) is 0 Å². The molecule has 2 heterocycles. The SMILES string of the molecule is COc1ccc(CC(=O)N2CCn3c(nnc3C3CC3)C2)cc1. The molecule has 4 rings (SSSR count). The van der Waals surface area contributed by atoms with Gasteiger partial charge in [-0.3, -0.25) is 4.79 Å². The van der Waals surface area contributed by atoms with Crippen LogP contribution < -0.4 is 4.74 Å². The molecule has 1 aromatic heterocycles. The molecule has 1 aromatic carbocycles. The van der Waals surface area contributed by atoms with Gasteiger partial charge in [0.05, 0.1) is 20.1 Å².